The lowest BCUT2D eigenvalue weighted by molar-refractivity contribution is -0.142. The van der Waals surface area contributed by atoms with E-state index in [0.717, 1.165) is 22.0 Å². The van der Waals surface area contributed by atoms with E-state index in [1.54, 1.807) is 6.07 Å². The molecule has 0 aliphatic heterocycles. The van der Waals surface area contributed by atoms with Gasteiger partial charge in [-0.15, -0.1) is 0 Å². The predicted molar refractivity (Wildman–Crippen MR) is 107 cm³/mol. The molecule has 0 saturated heterocycles. The second-order valence-corrected chi connectivity index (χ2v) is 6.56. The maximum Gasteiger partial charge on any atom is 0.328 e. The molecule has 2 N–H and O–H groups in total. The molecular weight excluding hydrogens is 370 g/mol. The molecule has 0 bridgehead atoms. The van der Waals surface area contributed by atoms with Crippen LogP contribution in [0.2, 0.25) is 0 Å². The Balaban J connectivity index is 1.53. The standard InChI is InChI=1S/C22H19N3O4/c1-28-22(27)19(11-15-13-23-17-10-6-5-9-16(15)17)24-21(26)18-12-20(29-25-18)14-7-3-2-4-8-14/h2-10,12-13,19,23H,11H2,1H3,(H,24,26)/t19-/m1/s1. The van der Waals surface area contributed by atoms with E-state index in [4.69, 9.17) is 9.26 Å². The summed E-state index contributed by atoms with van der Waals surface area (Å²) in [5.41, 5.74) is 2.77. The molecule has 0 aliphatic carbocycles. The summed E-state index contributed by atoms with van der Waals surface area (Å²) in [5.74, 6) is -0.566. The Morgan fingerprint density at radius 2 is 1.90 bits per heavy atom. The minimum absolute atomic E-state index is 0.0942. The van der Waals surface area contributed by atoms with Gasteiger partial charge < -0.3 is 19.6 Å². The van der Waals surface area contributed by atoms with Crippen LogP contribution in [0.4, 0.5) is 0 Å². The number of amides is 1. The first-order valence-electron chi connectivity index (χ1n) is 9.11. The highest BCUT2D eigenvalue weighted by Crippen LogP contribution is 2.21. The topological polar surface area (TPSA) is 97.2 Å². The van der Waals surface area contributed by atoms with Gasteiger partial charge in [-0.1, -0.05) is 53.7 Å². The van der Waals surface area contributed by atoms with E-state index >= 15 is 0 Å². The fourth-order valence-electron chi connectivity index (χ4n) is 3.21. The third kappa shape index (κ3) is 3.89. The monoisotopic (exact) mass is 389 g/mol. The van der Waals surface area contributed by atoms with Gasteiger partial charge in [0, 0.05) is 35.2 Å². The third-order valence-electron chi connectivity index (χ3n) is 4.69. The largest absolute Gasteiger partial charge is 0.467 e. The number of aromatic nitrogens is 2. The van der Waals surface area contributed by atoms with Crippen LogP contribution in [0.25, 0.3) is 22.2 Å². The van der Waals surface area contributed by atoms with Gasteiger partial charge in [-0.2, -0.15) is 0 Å². The lowest BCUT2D eigenvalue weighted by Gasteiger charge is -2.15. The summed E-state index contributed by atoms with van der Waals surface area (Å²) in [6.07, 6.45) is 2.11. The summed E-state index contributed by atoms with van der Waals surface area (Å²) < 4.78 is 10.1. The highest BCUT2D eigenvalue weighted by molar-refractivity contribution is 5.96. The normalized spacial score (nSPS) is 11.9. The molecule has 4 rings (SSSR count). The van der Waals surface area contributed by atoms with Crippen molar-refractivity contribution in [3.8, 4) is 11.3 Å². The number of esters is 1. The van der Waals surface area contributed by atoms with Gasteiger partial charge in [-0.25, -0.2) is 4.79 Å². The van der Waals surface area contributed by atoms with E-state index in [2.05, 4.69) is 15.5 Å². The minimum atomic E-state index is -0.858. The van der Waals surface area contributed by atoms with Crippen LogP contribution in [0.5, 0.6) is 0 Å². The lowest BCUT2D eigenvalue weighted by Crippen LogP contribution is -2.43. The Bertz CT molecular complexity index is 1150. The quantitative estimate of drug-likeness (QED) is 0.493. The molecule has 0 radical (unpaired) electrons. The smallest absolute Gasteiger partial charge is 0.328 e. The number of nitrogens with one attached hydrogen (secondary N) is 2. The van der Waals surface area contributed by atoms with E-state index in [-0.39, 0.29) is 12.1 Å². The van der Waals surface area contributed by atoms with Crippen LogP contribution in [-0.2, 0) is 16.0 Å². The number of carbonyl (C=O) groups excluding carboxylic acids is 2. The predicted octanol–water partition coefficient (Wildman–Crippen LogP) is 3.34. The molecule has 0 spiro atoms. The van der Waals surface area contributed by atoms with Crippen molar-refractivity contribution in [2.45, 2.75) is 12.5 Å². The Labute approximate surface area is 166 Å². The fraction of sp³-hybridized carbons (Fsp3) is 0.136. The first-order valence-corrected chi connectivity index (χ1v) is 9.11. The van der Waals surface area contributed by atoms with Crippen molar-refractivity contribution < 1.29 is 18.8 Å². The van der Waals surface area contributed by atoms with Gasteiger partial charge in [-0.3, -0.25) is 4.79 Å². The molecule has 0 unspecified atom stereocenters. The number of nitrogens with zero attached hydrogens (tertiary/aromatic N) is 1. The number of carbonyl (C=O) groups is 2. The molecule has 1 atom stereocenters. The van der Waals surface area contributed by atoms with Crippen molar-refractivity contribution in [2.75, 3.05) is 7.11 Å². The summed E-state index contributed by atoms with van der Waals surface area (Å²) in [4.78, 5) is 28.1. The molecule has 7 nitrogen and oxygen atoms in total. The Morgan fingerprint density at radius 1 is 1.14 bits per heavy atom. The number of benzene rings is 2. The number of aromatic amines is 1. The van der Waals surface area contributed by atoms with Gasteiger partial charge in [0.1, 0.15) is 6.04 Å². The van der Waals surface area contributed by atoms with Gasteiger partial charge in [0.25, 0.3) is 5.91 Å². The van der Waals surface area contributed by atoms with Gasteiger partial charge >= 0.3 is 5.97 Å². The van der Waals surface area contributed by atoms with Crippen molar-refractivity contribution in [1.82, 2.24) is 15.5 Å². The number of hydrogen-bond acceptors (Lipinski definition) is 5. The van der Waals surface area contributed by atoms with E-state index < -0.39 is 17.9 Å². The fourth-order valence-corrected chi connectivity index (χ4v) is 3.21. The molecule has 0 saturated carbocycles. The van der Waals surface area contributed by atoms with Crippen molar-refractivity contribution >= 4 is 22.8 Å². The summed E-state index contributed by atoms with van der Waals surface area (Å²) in [6.45, 7) is 0. The Morgan fingerprint density at radius 3 is 2.69 bits per heavy atom. The SMILES string of the molecule is COC(=O)[C@@H](Cc1c[nH]c2ccccc12)NC(=O)c1cc(-c2ccccc2)on1. The zero-order valence-corrected chi connectivity index (χ0v) is 15.7. The van der Waals surface area contributed by atoms with Crippen LogP contribution < -0.4 is 5.32 Å². The van der Waals surface area contributed by atoms with Crippen LogP contribution in [-0.4, -0.2) is 35.2 Å². The molecule has 2 aromatic heterocycles. The van der Waals surface area contributed by atoms with Crippen LogP contribution in [0.1, 0.15) is 16.1 Å². The van der Waals surface area contributed by atoms with Gasteiger partial charge in [-0.05, 0) is 11.6 Å². The van der Waals surface area contributed by atoms with Crippen LogP contribution in [0.15, 0.2) is 71.4 Å². The highest BCUT2D eigenvalue weighted by Gasteiger charge is 2.25. The molecule has 0 aliphatic rings. The zero-order chi connectivity index (χ0) is 20.2. The first-order chi connectivity index (χ1) is 14.2. The van der Waals surface area contributed by atoms with Crippen molar-refractivity contribution in [3.05, 3.63) is 78.1 Å². The number of H-pyrrole nitrogens is 1. The number of rotatable bonds is 6. The summed E-state index contributed by atoms with van der Waals surface area (Å²) in [5, 5.41) is 7.52. The van der Waals surface area contributed by atoms with E-state index in [1.807, 2.05) is 60.8 Å². The third-order valence-corrected chi connectivity index (χ3v) is 4.69. The molecule has 4 aromatic rings. The van der Waals surface area contributed by atoms with Crippen LogP contribution in [0, 0.1) is 0 Å². The Kier molecular flexibility index (Phi) is 5.11. The van der Waals surface area contributed by atoms with Crippen molar-refractivity contribution in [1.29, 1.82) is 0 Å². The van der Waals surface area contributed by atoms with Crippen LogP contribution in [0.3, 0.4) is 0 Å². The summed E-state index contributed by atoms with van der Waals surface area (Å²) in [7, 11) is 1.29. The van der Waals surface area contributed by atoms with Gasteiger partial charge in [0.15, 0.2) is 11.5 Å². The molecule has 29 heavy (non-hydrogen) atoms. The maximum atomic E-state index is 12.7. The van der Waals surface area contributed by atoms with Gasteiger partial charge in [0.05, 0.1) is 7.11 Å². The summed E-state index contributed by atoms with van der Waals surface area (Å²) in [6, 6.07) is 17.8. The molecule has 1 amide bonds. The first kappa shape index (κ1) is 18.5. The highest BCUT2D eigenvalue weighted by atomic mass is 16.5. The number of ether oxygens (including phenoxy) is 1. The molecule has 2 heterocycles. The molecule has 146 valence electrons. The van der Waals surface area contributed by atoms with E-state index in [1.165, 1.54) is 7.11 Å². The lowest BCUT2D eigenvalue weighted by atomic mass is 10.0. The van der Waals surface area contributed by atoms with Crippen molar-refractivity contribution in [3.63, 3.8) is 0 Å². The molecule has 2 aromatic carbocycles. The number of methoxy groups -OCH3 is 1. The van der Waals surface area contributed by atoms with Crippen molar-refractivity contribution in [2.24, 2.45) is 0 Å². The number of para-hydroxylation sites is 1. The van der Waals surface area contributed by atoms with Crippen LogP contribution >= 0.6 is 0 Å². The summed E-state index contributed by atoms with van der Waals surface area (Å²) >= 11 is 0. The number of fused-ring (bicyclic) bond motifs is 1. The number of hydrogen-bond donors (Lipinski definition) is 2. The molecule has 0 fully saturated rings. The second kappa shape index (κ2) is 8.02. The average Bonchev–Trinajstić information content (AvgIpc) is 3.41. The van der Waals surface area contributed by atoms with Gasteiger partial charge in [0.2, 0.25) is 0 Å². The van der Waals surface area contributed by atoms with E-state index in [9.17, 15) is 9.59 Å². The maximum absolute atomic E-state index is 12.7. The molecular formula is C22H19N3O4. The Hall–Kier alpha value is -3.87. The zero-order valence-electron chi connectivity index (χ0n) is 15.7. The average molecular weight is 389 g/mol. The minimum Gasteiger partial charge on any atom is -0.467 e. The molecule has 7 heteroatoms. The van der Waals surface area contributed by atoms with E-state index in [0.29, 0.717) is 5.76 Å². The second-order valence-electron chi connectivity index (χ2n) is 6.56.